The average molecular weight is 568 g/mol. The van der Waals surface area contributed by atoms with Crippen molar-refractivity contribution in [3.8, 4) is 0 Å². The van der Waals surface area contributed by atoms with Gasteiger partial charge < -0.3 is 33.7 Å². The Hall–Kier alpha value is -2.50. The van der Waals surface area contributed by atoms with E-state index in [1.54, 1.807) is 58.0 Å². The standard InChI is InChI=1S/C29H38B2O10/c1-14-17(33)12-29(36)24(38-25(35)16-9-7-6-8-10-16)22-27(5,23(34)21(41-31)20(14)26(29,3)4)18(40-30)11-19-28(22,13-37-19)39-15(2)32/h6-10,17-19,21-22,24,33,36H,11-13,30-31H2,1-5H3/t17-,18-,19+,21+,22-,24-,27+,28-,29+/m0/s1. The summed E-state index contributed by atoms with van der Waals surface area (Å²) in [6.07, 6.45) is -5.17. The second-order valence-electron chi connectivity index (χ2n) is 12.6. The van der Waals surface area contributed by atoms with Crippen molar-refractivity contribution in [2.24, 2.45) is 16.7 Å². The van der Waals surface area contributed by atoms with Crippen LogP contribution in [0.25, 0.3) is 0 Å². The molecule has 2 N–H and O–H groups in total. The smallest absolute Gasteiger partial charge is 0.338 e. The second kappa shape index (κ2) is 10.1. The number of carbonyl (C=O) groups is 3. The fourth-order valence-corrected chi connectivity index (χ4v) is 8.17. The molecule has 1 aromatic carbocycles. The number of ketones is 1. The van der Waals surface area contributed by atoms with Crippen LogP contribution in [0.2, 0.25) is 0 Å². The molecule has 9 atom stereocenters. The van der Waals surface area contributed by atoms with Crippen LogP contribution in [0.4, 0.5) is 0 Å². The molecule has 1 aromatic rings. The highest BCUT2D eigenvalue weighted by molar-refractivity contribution is 6.03. The number of esters is 2. The van der Waals surface area contributed by atoms with Crippen LogP contribution < -0.4 is 0 Å². The molecule has 0 spiro atoms. The zero-order valence-corrected chi connectivity index (χ0v) is 24.6. The first kappa shape index (κ1) is 30.0. The maximum Gasteiger partial charge on any atom is 0.338 e. The summed E-state index contributed by atoms with van der Waals surface area (Å²) in [5, 5.41) is 24.2. The van der Waals surface area contributed by atoms with Crippen LogP contribution in [-0.4, -0.2) is 92.4 Å². The maximum atomic E-state index is 14.9. The Morgan fingerprint density at radius 3 is 2.29 bits per heavy atom. The summed E-state index contributed by atoms with van der Waals surface area (Å²) in [7, 11) is 2.89. The second-order valence-corrected chi connectivity index (χ2v) is 12.6. The van der Waals surface area contributed by atoms with Gasteiger partial charge in [0.05, 0.1) is 35.7 Å². The Kier molecular flexibility index (Phi) is 7.35. The summed E-state index contributed by atoms with van der Waals surface area (Å²) in [5.74, 6) is -2.83. The maximum absolute atomic E-state index is 14.9. The third kappa shape index (κ3) is 4.01. The van der Waals surface area contributed by atoms with E-state index in [0.717, 1.165) is 0 Å². The van der Waals surface area contributed by atoms with Gasteiger partial charge in [-0.05, 0) is 37.1 Å². The van der Waals surface area contributed by atoms with E-state index in [2.05, 4.69) is 0 Å². The first-order valence-corrected chi connectivity index (χ1v) is 14.0. The highest BCUT2D eigenvalue weighted by Gasteiger charge is 2.78. The molecule has 0 aromatic heterocycles. The van der Waals surface area contributed by atoms with Crippen LogP contribution in [0, 0.1) is 16.7 Å². The molecule has 1 heterocycles. The van der Waals surface area contributed by atoms with Gasteiger partial charge >= 0.3 is 11.9 Å². The molecule has 4 aliphatic rings. The van der Waals surface area contributed by atoms with Gasteiger partial charge in [0.15, 0.2) is 11.4 Å². The number of aliphatic hydroxyl groups is 2. The molecule has 5 rings (SSSR count). The number of aliphatic hydroxyl groups excluding tert-OH is 1. The summed E-state index contributed by atoms with van der Waals surface area (Å²) in [6.45, 7) is 8.13. The molecule has 2 bridgehead atoms. The number of benzene rings is 1. The predicted octanol–water partition coefficient (Wildman–Crippen LogP) is 0.227. The van der Waals surface area contributed by atoms with E-state index in [1.807, 2.05) is 0 Å². The summed E-state index contributed by atoms with van der Waals surface area (Å²) in [5.41, 5.74) is -4.88. The molecule has 0 amide bonds. The van der Waals surface area contributed by atoms with Gasteiger partial charge in [-0.3, -0.25) is 9.59 Å². The lowest BCUT2D eigenvalue weighted by molar-refractivity contribution is -0.343. The van der Waals surface area contributed by atoms with Crippen LogP contribution in [0.1, 0.15) is 57.8 Å². The van der Waals surface area contributed by atoms with Crippen LogP contribution >= 0.6 is 0 Å². The average Bonchev–Trinajstić information content (AvgIpc) is 2.91. The van der Waals surface area contributed by atoms with Crippen LogP contribution in [0.15, 0.2) is 41.5 Å². The third-order valence-corrected chi connectivity index (χ3v) is 10.4. The van der Waals surface area contributed by atoms with Crippen LogP contribution in [0.5, 0.6) is 0 Å². The number of ether oxygens (including phenoxy) is 3. The minimum Gasteiger partial charge on any atom is -0.455 e. The predicted molar refractivity (Wildman–Crippen MR) is 150 cm³/mol. The highest BCUT2D eigenvalue weighted by Crippen LogP contribution is 2.64. The quantitative estimate of drug-likeness (QED) is 0.289. The molecule has 3 fully saturated rings. The number of hydrogen-bond donors (Lipinski definition) is 2. The first-order chi connectivity index (χ1) is 19.2. The van der Waals surface area contributed by atoms with E-state index < -0.39 is 70.4 Å². The Bertz CT molecular complexity index is 1280. The SMILES string of the molecule is BO[C@H]1C(=O)[C@]2(C)[C@@H](OB)C[C@H]3OC[C@@]3(OC(C)=O)[C@H]2[C@H](OC(=O)c2ccccc2)[C@]2(O)C[C@H](O)C(C)=C1C2(C)C. The van der Waals surface area contributed by atoms with Gasteiger partial charge in [-0.25, -0.2) is 4.79 Å². The van der Waals surface area contributed by atoms with E-state index in [-0.39, 0.29) is 30.8 Å². The number of fused-ring (bicyclic) bond motifs is 5. The Labute approximate surface area is 241 Å². The van der Waals surface area contributed by atoms with Gasteiger partial charge in [-0.2, -0.15) is 0 Å². The molecule has 0 radical (unpaired) electrons. The molecule has 220 valence electrons. The molecule has 41 heavy (non-hydrogen) atoms. The van der Waals surface area contributed by atoms with Crippen molar-refractivity contribution < 1.29 is 48.1 Å². The largest absolute Gasteiger partial charge is 0.455 e. The number of rotatable bonds is 5. The van der Waals surface area contributed by atoms with Gasteiger partial charge in [0, 0.05) is 25.2 Å². The fourth-order valence-electron chi connectivity index (χ4n) is 8.17. The van der Waals surface area contributed by atoms with Crippen molar-refractivity contribution in [3.63, 3.8) is 0 Å². The van der Waals surface area contributed by atoms with Crippen molar-refractivity contribution in [3.05, 3.63) is 47.0 Å². The van der Waals surface area contributed by atoms with Crippen molar-refractivity contribution in [1.29, 1.82) is 0 Å². The first-order valence-electron chi connectivity index (χ1n) is 14.0. The summed E-state index contributed by atoms with van der Waals surface area (Å²) < 4.78 is 30.1. The van der Waals surface area contributed by atoms with Crippen molar-refractivity contribution in [2.45, 2.75) is 89.2 Å². The normalized spacial score (nSPS) is 41.2. The molecule has 0 unspecified atom stereocenters. The Balaban J connectivity index is 1.84. The van der Waals surface area contributed by atoms with E-state index >= 15 is 0 Å². The summed E-state index contributed by atoms with van der Waals surface area (Å²) >= 11 is 0. The lowest BCUT2D eigenvalue weighted by Crippen LogP contribution is -2.82. The topological polar surface area (TPSA) is 138 Å². The van der Waals surface area contributed by atoms with Crippen molar-refractivity contribution in [1.82, 2.24) is 0 Å². The monoisotopic (exact) mass is 568 g/mol. The van der Waals surface area contributed by atoms with Gasteiger partial charge in [0.2, 0.25) is 0 Å². The van der Waals surface area contributed by atoms with E-state index in [1.165, 1.54) is 23.0 Å². The van der Waals surface area contributed by atoms with Crippen molar-refractivity contribution in [2.75, 3.05) is 6.61 Å². The lowest BCUT2D eigenvalue weighted by Gasteiger charge is -2.68. The van der Waals surface area contributed by atoms with Crippen molar-refractivity contribution >= 4 is 33.8 Å². The van der Waals surface area contributed by atoms with Gasteiger partial charge in [0.25, 0.3) is 16.1 Å². The summed E-state index contributed by atoms with van der Waals surface area (Å²) in [4.78, 5) is 41.2. The molecule has 10 nitrogen and oxygen atoms in total. The number of Topliss-reactive ketones (excluding diaryl/α,β-unsaturated/α-hetero) is 1. The molecule has 3 aliphatic carbocycles. The van der Waals surface area contributed by atoms with Gasteiger partial charge in [-0.1, -0.05) is 32.0 Å². The van der Waals surface area contributed by atoms with Crippen LogP contribution in [0.3, 0.4) is 0 Å². The Morgan fingerprint density at radius 1 is 1.10 bits per heavy atom. The zero-order chi connectivity index (χ0) is 30.1. The Morgan fingerprint density at radius 2 is 1.76 bits per heavy atom. The third-order valence-electron chi connectivity index (χ3n) is 10.4. The van der Waals surface area contributed by atoms with E-state index in [9.17, 15) is 24.6 Å². The lowest BCUT2D eigenvalue weighted by atomic mass is 9.44. The van der Waals surface area contributed by atoms with E-state index in [4.69, 9.17) is 23.5 Å². The van der Waals surface area contributed by atoms with Gasteiger partial charge in [0.1, 0.15) is 23.9 Å². The van der Waals surface area contributed by atoms with E-state index in [0.29, 0.717) is 11.1 Å². The number of hydrogen-bond acceptors (Lipinski definition) is 10. The molecule has 12 heteroatoms. The molecular weight excluding hydrogens is 530 g/mol. The van der Waals surface area contributed by atoms with Gasteiger partial charge in [-0.15, -0.1) is 0 Å². The minimum absolute atomic E-state index is 0.0704. The van der Waals surface area contributed by atoms with Crippen LogP contribution in [-0.2, 0) is 33.1 Å². The minimum atomic E-state index is -1.93. The zero-order valence-electron chi connectivity index (χ0n) is 24.6. The molecule has 2 saturated carbocycles. The molecule has 1 saturated heterocycles. The highest BCUT2D eigenvalue weighted by atomic mass is 16.6. The molecular formula is C29H38B2O10. The molecule has 1 aliphatic heterocycles. The summed E-state index contributed by atoms with van der Waals surface area (Å²) in [6, 6.07) is 8.32. The fraction of sp³-hybridized carbons (Fsp3) is 0.621. The number of carbonyl (C=O) groups excluding carboxylic acids is 3.